The first-order valence-electron chi connectivity index (χ1n) is 6.54. The number of carbonyl (C=O) groups is 3. The molecule has 0 aromatic carbocycles. The average Bonchev–Trinajstić information content (AvgIpc) is 3.13. The number of carbonyl (C=O) groups excluding carboxylic acids is 2. The van der Waals surface area contributed by atoms with Gasteiger partial charge in [0.15, 0.2) is 0 Å². The third-order valence-corrected chi connectivity index (χ3v) is 3.05. The highest BCUT2D eigenvalue weighted by molar-refractivity contribution is 5.83. The predicted octanol–water partition coefficient (Wildman–Crippen LogP) is 0.194. The van der Waals surface area contributed by atoms with Crippen molar-refractivity contribution in [3.63, 3.8) is 0 Å². The van der Waals surface area contributed by atoms with Crippen LogP contribution in [0.2, 0.25) is 0 Å². The molecule has 108 valence electrons. The first kappa shape index (κ1) is 15.3. The van der Waals surface area contributed by atoms with E-state index in [-0.39, 0.29) is 12.8 Å². The van der Waals surface area contributed by atoms with Crippen molar-refractivity contribution in [3.05, 3.63) is 0 Å². The molecule has 0 heterocycles. The molecule has 1 saturated carbocycles. The molecule has 3 amide bonds. The first-order valence-corrected chi connectivity index (χ1v) is 6.54. The molecule has 0 unspecified atom stereocenters. The second kappa shape index (κ2) is 7.60. The number of nitrogens with one attached hydrogen (secondary N) is 2. The lowest BCUT2D eigenvalue weighted by atomic mass is 10.1. The van der Waals surface area contributed by atoms with Crippen molar-refractivity contribution in [1.82, 2.24) is 10.6 Å². The Bertz CT molecular complexity index is 342. The van der Waals surface area contributed by atoms with Crippen molar-refractivity contribution in [2.75, 3.05) is 6.54 Å². The van der Waals surface area contributed by atoms with Gasteiger partial charge in [0.2, 0.25) is 5.91 Å². The number of carboxylic acids is 1. The standard InChI is InChI=1S/C12H21N3O4/c13-10(16)6-5-9(11(17)18)15-12(19)14-7-1-2-8-3-4-8/h8-9H,1-7H2,(H2,13,16)(H,17,18)(H2,14,15,19)/t9-/m1/s1. The number of carboxylic acid groups (broad SMARTS) is 1. The maximum absolute atomic E-state index is 11.5. The van der Waals surface area contributed by atoms with Crippen LogP contribution in [-0.4, -0.2) is 35.6 Å². The zero-order chi connectivity index (χ0) is 14.3. The summed E-state index contributed by atoms with van der Waals surface area (Å²) in [6.07, 6.45) is 4.49. The van der Waals surface area contributed by atoms with Crippen LogP contribution in [0.1, 0.15) is 38.5 Å². The Hall–Kier alpha value is -1.79. The molecule has 1 aliphatic rings. The maximum atomic E-state index is 11.5. The molecule has 0 aromatic heterocycles. The summed E-state index contributed by atoms with van der Waals surface area (Å²) in [4.78, 5) is 32.9. The maximum Gasteiger partial charge on any atom is 0.326 e. The molecule has 0 radical (unpaired) electrons. The lowest BCUT2D eigenvalue weighted by Gasteiger charge is -2.14. The highest BCUT2D eigenvalue weighted by atomic mass is 16.4. The van der Waals surface area contributed by atoms with Gasteiger partial charge in [0, 0.05) is 13.0 Å². The molecule has 5 N–H and O–H groups in total. The van der Waals surface area contributed by atoms with Crippen LogP contribution in [0.4, 0.5) is 4.79 Å². The largest absolute Gasteiger partial charge is 0.480 e. The molecule has 0 spiro atoms. The first-order chi connectivity index (χ1) is 8.99. The minimum absolute atomic E-state index is 0.000159. The molecule has 7 heteroatoms. The van der Waals surface area contributed by atoms with E-state index in [1.54, 1.807) is 0 Å². The summed E-state index contributed by atoms with van der Waals surface area (Å²) in [6, 6.07) is -1.61. The number of hydrogen-bond acceptors (Lipinski definition) is 3. The van der Waals surface area contributed by atoms with Crippen molar-refractivity contribution in [3.8, 4) is 0 Å². The molecule has 0 aromatic rings. The molecule has 0 aliphatic heterocycles. The number of nitrogens with two attached hydrogens (primary N) is 1. The van der Waals surface area contributed by atoms with Crippen LogP contribution < -0.4 is 16.4 Å². The van der Waals surface area contributed by atoms with Crippen molar-refractivity contribution in [2.24, 2.45) is 11.7 Å². The summed E-state index contributed by atoms with van der Waals surface area (Å²) in [5, 5.41) is 13.8. The van der Waals surface area contributed by atoms with Gasteiger partial charge in [-0.15, -0.1) is 0 Å². The monoisotopic (exact) mass is 271 g/mol. The molecule has 7 nitrogen and oxygen atoms in total. The van der Waals surface area contributed by atoms with Crippen LogP contribution in [0.5, 0.6) is 0 Å². The van der Waals surface area contributed by atoms with Gasteiger partial charge in [0.25, 0.3) is 0 Å². The number of hydrogen-bond donors (Lipinski definition) is 4. The summed E-state index contributed by atoms with van der Waals surface area (Å²) in [7, 11) is 0. The normalized spacial score (nSPS) is 15.6. The summed E-state index contributed by atoms with van der Waals surface area (Å²) in [6.45, 7) is 0.532. The Morgan fingerprint density at radius 3 is 2.53 bits per heavy atom. The van der Waals surface area contributed by atoms with Crippen LogP contribution in [0.25, 0.3) is 0 Å². The summed E-state index contributed by atoms with van der Waals surface area (Å²) in [5.74, 6) is -0.945. The molecule has 1 fully saturated rings. The smallest absolute Gasteiger partial charge is 0.326 e. The fraction of sp³-hybridized carbons (Fsp3) is 0.750. The Balaban J connectivity index is 2.17. The zero-order valence-electron chi connectivity index (χ0n) is 10.9. The Labute approximate surface area is 111 Å². The summed E-state index contributed by atoms with van der Waals surface area (Å²) >= 11 is 0. The van der Waals surface area contributed by atoms with Crippen LogP contribution in [0.15, 0.2) is 0 Å². The zero-order valence-corrected chi connectivity index (χ0v) is 10.9. The van der Waals surface area contributed by atoms with Crippen LogP contribution in [0.3, 0.4) is 0 Å². The van der Waals surface area contributed by atoms with Gasteiger partial charge in [0.05, 0.1) is 0 Å². The van der Waals surface area contributed by atoms with Gasteiger partial charge in [-0.1, -0.05) is 12.8 Å². The van der Waals surface area contributed by atoms with Gasteiger partial charge in [-0.25, -0.2) is 9.59 Å². The van der Waals surface area contributed by atoms with E-state index in [0.29, 0.717) is 6.54 Å². The lowest BCUT2D eigenvalue weighted by molar-refractivity contribution is -0.139. The minimum Gasteiger partial charge on any atom is -0.480 e. The van der Waals surface area contributed by atoms with E-state index in [9.17, 15) is 14.4 Å². The van der Waals surface area contributed by atoms with E-state index < -0.39 is 23.9 Å². The van der Waals surface area contributed by atoms with Gasteiger partial charge in [-0.2, -0.15) is 0 Å². The lowest BCUT2D eigenvalue weighted by Crippen LogP contribution is -2.46. The molecule has 1 aliphatic carbocycles. The highest BCUT2D eigenvalue weighted by Gasteiger charge is 2.21. The van der Waals surface area contributed by atoms with Crippen molar-refractivity contribution in [2.45, 2.75) is 44.6 Å². The van der Waals surface area contributed by atoms with Crippen molar-refractivity contribution >= 4 is 17.9 Å². The second-order valence-electron chi connectivity index (χ2n) is 4.88. The molecule has 1 rings (SSSR count). The number of amides is 3. The quantitative estimate of drug-likeness (QED) is 0.447. The van der Waals surface area contributed by atoms with Crippen molar-refractivity contribution < 1.29 is 19.5 Å². The minimum atomic E-state index is -1.17. The number of urea groups is 1. The van der Waals surface area contributed by atoms with E-state index in [1.165, 1.54) is 12.8 Å². The van der Waals surface area contributed by atoms with Gasteiger partial charge >= 0.3 is 12.0 Å². The molecule has 0 bridgehead atoms. The summed E-state index contributed by atoms with van der Waals surface area (Å²) < 4.78 is 0. The fourth-order valence-electron chi connectivity index (χ4n) is 1.75. The number of primary amides is 1. The van der Waals surface area contributed by atoms with E-state index in [1.807, 2.05) is 0 Å². The Morgan fingerprint density at radius 1 is 1.32 bits per heavy atom. The summed E-state index contributed by atoms with van der Waals surface area (Å²) in [5.41, 5.74) is 4.94. The number of aliphatic carboxylic acids is 1. The third kappa shape index (κ3) is 7.28. The van der Waals surface area contributed by atoms with Crippen LogP contribution >= 0.6 is 0 Å². The average molecular weight is 271 g/mol. The van der Waals surface area contributed by atoms with Gasteiger partial charge in [-0.05, 0) is 25.2 Å². The molecular weight excluding hydrogens is 250 g/mol. The van der Waals surface area contributed by atoms with E-state index in [0.717, 1.165) is 18.8 Å². The number of rotatable bonds is 9. The van der Waals surface area contributed by atoms with Gasteiger partial charge < -0.3 is 21.5 Å². The molecular formula is C12H21N3O4. The second-order valence-corrected chi connectivity index (χ2v) is 4.88. The Morgan fingerprint density at radius 2 is 2.00 bits per heavy atom. The van der Waals surface area contributed by atoms with E-state index in [4.69, 9.17) is 10.8 Å². The molecule has 1 atom stereocenters. The Kier molecular flexibility index (Phi) is 6.11. The van der Waals surface area contributed by atoms with Crippen LogP contribution in [0, 0.1) is 5.92 Å². The fourth-order valence-corrected chi connectivity index (χ4v) is 1.75. The van der Waals surface area contributed by atoms with Gasteiger partial charge in [0.1, 0.15) is 6.04 Å². The van der Waals surface area contributed by atoms with Crippen LogP contribution in [-0.2, 0) is 9.59 Å². The highest BCUT2D eigenvalue weighted by Crippen LogP contribution is 2.33. The van der Waals surface area contributed by atoms with E-state index in [2.05, 4.69) is 10.6 Å². The molecule has 0 saturated heterocycles. The topological polar surface area (TPSA) is 122 Å². The van der Waals surface area contributed by atoms with E-state index >= 15 is 0 Å². The molecule has 19 heavy (non-hydrogen) atoms. The van der Waals surface area contributed by atoms with Gasteiger partial charge in [-0.3, -0.25) is 4.79 Å². The van der Waals surface area contributed by atoms with Crippen molar-refractivity contribution in [1.29, 1.82) is 0 Å². The third-order valence-electron chi connectivity index (χ3n) is 3.05. The predicted molar refractivity (Wildman–Crippen MR) is 68.3 cm³/mol. The SMILES string of the molecule is NC(=O)CC[C@@H](NC(=O)NCCCC1CC1)C(=O)O.